The molecule has 0 aromatic heterocycles. The minimum absolute atomic E-state index is 0.0677. The number of hydrazine groups is 1. The standard InChI is InChI=1S/C19H15F3N2O7/c20-19(21,22)31-12-7-5-11(6-8-12)18(27)29-10-16(25)23-24-17(26)15-9-28-13-3-1-2-4-14(13)30-15/h1-8,15H,9-10H2,(H,23,25)(H,24,26). The Balaban J connectivity index is 1.41. The minimum Gasteiger partial charge on any atom is -0.485 e. The molecule has 164 valence electrons. The van der Waals surface area contributed by atoms with Crippen LogP contribution < -0.4 is 25.1 Å². The van der Waals surface area contributed by atoms with Crippen LogP contribution in [0.4, 0.5) is 13.2 Å². The van der Waals surface area contributed by atoms with Crippen molar-refractivity contribution >= 4 is 17.8 Å². The van der Waals surface area contributed by atoms with E-state index in [0.717, 1.165) is 24.3 Å². The molecule has 3 rings (SSSR count). The van der Waals surface area contributed by atoms with Crippen LogP contribution in [0.1, 0.15) is 10.4 Å². The number of rotatable bonds is 5. The highest BCUT2D eigenvalue weighted by atomic mass is 19.4. The first-order valence-electron chi connectivity index (χ1n) is 8.71. The molecule has 1 atom stereocenters. The number of benzene rings is 2. The maximum atomic E-state index is 12.1. The summed E-state index contributed by atoms with van der Waals surface area (Å²) in [6.07, 6.45) is -5.86. The van der Waals surface area contributed by atoms with Crippen molar-refractivity contribution in [2.75, 3.05) is 13.2 Å². The van der Waals surface area contributed by atoms with Crippen molar-refractivity contribution in [2.24, 2.45) is 0 Å². The lowest BCUT2D eigenvalue weighted by atomic mass is 10.2. The van der Waals surface area contributed by atoms with Crippen LogP contribution in [0.5, 0.6) is 17.2 Å². The molecule has 1 aliphatic heterocycles. The van der Waals surface area contributed by atoms with Gasteiger partial charge in [-0.05, 0) is 36.4 Å². The molecule has 9 nitrogen and oxygen atoms in total. The Morgan fingerprint density at radius 1 is 1.00 bits per heavy atom. The van der Waals surface area contributed by atoms with E-state index < -0.39 is 42.6 Å². The number of alkyl halides is 3. The number of para-hydroxylation sites is 2. The van der Waals surface area contributed by atoms with E-state index in [1.807, 2.05) is 5.43 Å². The molecule has 12 heteroatoms. The van der Waals surface area contributed by atoms with Crippen LogP contribution in [-0.2, 0) is 14.3 Å². The zero-order chi connectivity index (χ0) is 22.4. The van der Waals surface area contributed by atoms with Crippen LogP contribution in [0.15, 0.2) is 48.5 Å². The maximum absolute atomic E-state index is 12.1. The highest BCUT2D eigenvalue weighted by Gasteiger charge is 2.31. The van der Waals surface area contributed by atoms with Crippen molar-refractivity contribution < 1.29 is 46.5 Å². The molecule has 1 heterocycles. The molecule has 0 fully saturated rings. The van der Waals surface area contributed by atoms with Crippen LogP contribution in [0.25, 0.3) is 0 Å². The lowest BCUT2D eigenvalue weighted by molar-refractivity contribution is -0.274. The molecule has 2 N–H and O–H groups in total. The third-order valence-electron chi connectivity index (χ3n) is 3.78. The summed E-state index contributed by atoms with van der Waals surface area (Å²) < 4.78 is 55.6. The third-order valence-corrected chi connectivity index (χ3v) is 3.78. The number of hydrogen-bond acceptors (Lipinski definition) is 7. The lowest BCUT2D eigenvalue weighted by Gasteiger charge is -2.25. The molecule has 1 aliphatic rings. The van der Waals surface area contributed by atoms with Gasteiger partial charge in [0, 0.05) is 0 Å². The smallest absolute Gasteiger partial charge is 0.485 e. The van der Waals surface area contributed by atoms with Crippen LogP contribution in [0.2, 0.25) is 0 Å². The predicted octanol–water partition coefficient (Wildman–Crippen LogP) is 1.73. The first kappa shape index (κ1) is 21.7. The number of hydrogen-bond donors (Lipinski definition) is 2. The Bertz CT molecular complexity index is 964. The third kappa shape index (κ3) is 6.26. The first-order chi connectivity index (χ1) is 14.7. The van der Waals surface area contributed by atoms with Crippen molar-refractivity contribution in [2.45, 2.75) is 12.5 Å². The van der Waals surface area contributed by atoms with Gasteiger partial charge in [-0.1, -0.05) is 12.1 Å². The van der Waals surface area contributed by atoms with Gasteiger partial charge < -0.3 is 18.9 Å². The molecule has 0 spiro atoms. The second-order valence-electron chi connectivity index (χ2n) is 6.05. The van der Waals surface area contributed by atoms with Gasteiger partial charge in [0.15, 0.2) is 18.1 Å². The fourth-order valence-electron chi connectivity index (χ4n) is 2.40. The summed E-state index contributed by atoms with van der Waals surface area (Å²) in [4.78, 5) is 35.7. The monoisotopic (exact) mass is 440 g/mol. The number of carbonyl (C=O) groups excluding carboxylic acids is 3. The molecular weight excluding hydrogens is 425 g/mol. The summed E-state index contributed by atoms with van der Waals surface area (Å²) in [6.45, 7) is -0.813. The van der Waals surface area contributed by atoms with Gasteiger partial charge in [0.25, 0.3) is 11.8 Å². The van der Waals surface area contributed by atoms with E-state index in [4.69, 9.17) is 14.2 Å². The number of ether oxygens (including phenoxy) is 4. The second-order valence-corrected chi connectivity index (χ2v) is 6.05. The Hall–Kier alpha value is -3.96. The number of amides is 2. The molecule has 0 radical (unpaired) electrons. The van der Waals surface area contributed by atoms with E-state index in [9.17, 15) is 27.6 Å². The Morgan fingerprint density at radius 3 is 2.35 bits per heavy atom. The largest absolute Gasteiger partial charge is 0.573 e. The van der Waals surface area contributed by atoms with E-state index >= 15 is 0 Å². The van der Waals surface area contributed by atoms with Crippen molar-refractivity contribution in [3.8, 4) is 17.2 Å². The van der Waals surface area contributed by atoms with Crippen molar-refractivity contribution in [1.82, 2.24) is 10.9 Å². The van der Waals surface area contributed by atoms with Crippen LogP contribution in [-0.4, -0.2) is 43.5 Å². The molecule has 0 bridgehead atoms. The molecule has 0 saturated carbocycles. The normalized spacial score (nSPS) is 14.9. The van der Waals surface area contributed by atoms with Gasteiger partial charge in [-0.15, -0.1) is 13.2 Å². The van der Waals surface area contributed by atoms with Crippen molar-refractivity contribution in [1.29, 1.82) is 0 Å². The number of nitrogens with one attached hydrogen (secondary N) is 2. The molecule has 2 aromatic rings. The fourth-order valence-corrected chi connectivity index (χ4v) is 2.40. The van der Waals surface area contributed by atoms with E-state index in [1.54, 1.807) is 24.3 Å². The van der Waals surface area contributed by atoms with Gasteiger partial charge in [-0.25, -0.2) is 4.79 Å². The Kier molecular flexibility index (Phi) is 6.48. The summed E-state index contributed by atoms with van der Waals surface area (Å²) in [5.41, 5.74) is 4.07. The van der Waals surface area contributed by atoms with Crippen LogP contribution in [0, 0.1) is 0 Å². The Morgan fingerprint density at radius 2 is 1.68 bits per heavy atom. The van der Waals surface area contributed by atoms with Crippen LogP contribution in [0.3, 0.4) is 0 Å². The minimum atomic E-state index is -4.86. The molecule has 1 unspecified atom stereocenters. The first-order valence-corrected chi connectivity index (χ1v) is 8.71. The number of fused-ring (bicyclic) bond motifs is 1. The summed E-state index contributed by atoms with van der Waals surface area (Å²) >= 11 is 0. The van der Waals surface area contributed by atoms with Gasteiger partial charge in [0.1, 0.15) is 12.4 Å². The summed E-state index contributed by atoms with van der Waals surface area (Å²) in [7, 11) is 0. The number of carbonyl (C=O) groups is 3. The lowest BCUT2D eigenvalue weighted by Crippen LogP contribution is -2.51. The number of halogens is 3. The maximum Gasteiger partial charge on any atom is 0.573 e. The summed E-state index contributed by atoms with van der Waals surface area (Å²) in [5, 5.41) is 0. The van der Waals surface area contributed by atoms with Crippen molar-refractivity contribution in [3.63, 3.8) is 0 Å². The van der Waals surface area contributed by atoms with E-state index in [-0.39, 0.29) is 12.2 Å². The number of esters is 1. The zero-order valence-electron chi connectivity index (χ0n) is 15.6. The van der Waals surface area contributed by atoms with Gasteiger partial charge >= 0.3 is 12.3 Å². The fraction of sp³-hybridized carbons (Fsp3) is 0.211. The summed E-state index contributed by atoms with van der Waals surface area (Å²) in [5.74, 6) is -2.15. The molecule has 0 saturated heterocycles. The molecule has 31 heavy (non-hydrogen) atoms. The van der Waals surface area contributed by atoms with E-state index in [2.05, 4.69) is 10.2 Å². The van der Waals surface area contributed by atoms with Gasteiger partial charge in [-0.2, -0.15) is 0 Å². The average Bonchev–Trinajstić information content (AvgIpc) is 2.74. The molecule has 2 aromatic carbocycles. The van der Waals surface area contributed by atoms with Gasteiger partial charge in [0.2, 0.25) is 6.10 Å². The average molecular weight is 440 g/mol. The predicted molar refractivity (Wildman–Crippen MR) is 96.0 cm³/mol. The van der Waals surface area contributed by atoms with Crippen molar-refractivity contribution in [3.05, 3.63) is 54.1 Å². The molecule has 2 amide bonds. The Labute approximate surface area is 173 Å². The topological polar surface area (TPSA) is 112 Å². The summed E-state index contributed by atoms with van der Waals surface area (Å²) in [6, 6.07) is 10.7. The van der Waals surface area contributed by atoms with E-state index in [1.165, 1.54) is 0 Å². The van der Waals surface area contributed by atoms with Crippen LogP contribution >= 0.6 is 0 Å². The molecule has 0 aliphatic carbocycles. The van der Waals surface area contributed by atoms with E-state index in [0.29, 0.717) is 11.5 Å². The molecular formula is C19H15F3N2O7. The quantitative estimate of drug-likeness (QED) is 0.538. The highest BCUT2D eigenvalue weighted by molar-refractivity contribution is 5.92. The van der Waals surface area contributed by atoms with Gasteiger partial charge in [-0.3, -0.25) is 20.4 Å². The SMILES string of the molecule is O=C(COC(=O)c1ccc(OC(F)(F)F)cc1)NNC(=O)C1COc2ccccc2O1. The highest BCUT2D eigenvalue weighted by Crippen LogP contribution is 2.30. The second kappa shape index (κ2) is 9.24. The zero-order valence-corrected chi connectivity index (χ0v) is 15.6. The van der Waals surface area contributed by atoms with Gasteiger partial charge in [0.05, 0.1) is 5.56 Å².